The van der Waals surface area contributed by atoms with Crippen molar-refractivity contribution in [1.29, 1.82) is 0 Å². The maximum absolute atomic E-state index is 11.2. The number of fused-ring (bicyclic) bond motifs is 1. The molecule has 0 saturated heterocycles. The van der Waals surface area contributed by atoms with Gasteiger partial charge >= 0.3 is 5.65 Å². The molecule has 0 atom stereocenters. The van der Waals surface area contributed by atoms with Crippen molar-refractivity contribution in [1.82, 2.24) is 4.98 Å². The zero-order chi connectivity index (χ0) is 8.72. The van der Waals surface area contributed by atoms with Crippen LogP contribution < -0.4 is 4.73 Å². The first-order chi connectivity index (χ1) is 5.68. The van der Waals surface area contributed by atoms with Gasteiger partial charge in [0.05, 0.1) is 0 Å². The van der Waals surface area contributed by atoms with Crippen LogP contribution in [-0.4, -0.2) is 4.98 Å². The predicted octanol–water partition coefficient (Wildman–Crippen LogP) is 1.89. The van der Waals surface area contributed by atoms with Gasteiger partial charge in [-0.1, -0.05) is 11.3 Å². The molecule has 2 heterocycles. The molecule has 0 radical (unpaired) electrons. The van der Waals surface area contributed by atoms with Crippen LogP contribution in [0.4, 0.5) is 0 Å². The third kappa shape index (κ3) is 1.04. The Morgan fingerprint density at radius 3 is 3.08 bits per heavy atom. The first-order valence-electron chi connectivity index (χ1n) is 3.33. The Labute approximate surface area is 77.8 Å². The minimum atomic E-state index is 0.211. The van der Waals surface area contributed by atoms with Crippen molar-refractivity contribution in [2.45, 2.75) is 6.92 Å². The molecule has 0 bridgehead atoms. The van der Waals surface area contributed by atoms with E-state index in [4.69, 9.17) is 11.6 Å². The number of aromatic nitrogens is 2. The largest absolute Gasteiger partial charge is 0.709 e. The van der Waals surface area contributed by atoms with Crippen LogP contribution in [0.15, 0.2) is 12.1 Å². The third-order valence-electron chi connectivity index (χ3n) is 1.52. The minimum Gasteiger partial charge on any atom is -0.709 e. The van der Waals surface area contributed by atoms with Gasteiger partial charge in [0.15, 0.2) is 0 Å². The normalized spacial score (nSPS) is 10.8. The highest BCUT2D eigenvalue weighted by molar-refractivity contribution is 7.21. The number of halogens is 1. The lowest BCUT2D eigenvalue weighted by Gasteiger charge is -1.94. The van der Waals surface area contributed by atoms with E-state index in [1.54, 1.807) is 0 Å². The molecule has 2 rings (SSSR count). The van der Waals surface area contributed by atoms with Gasteiger partial charge in [-0.2, -0.15) is 0 Å². The van der Waals surface area contributed by atoms with Gasteiger partial charge in [0.2, 0.25) is 0 Å². The second-order valence-corrected chi connectivity index (χ2v) is 4.04. The van der Waals surface area contributed by atoms with E-state index in [-0.39, 0.29) is 4.47 Å². The highest BCUT2D eigenvalue weighted by Gasteiger charge is 2.12. The van der Waals surface area contributed by atoms with Crippen LogP contribution in [0.1, 0.15) is 5.69 Å². The molecular formula is C7H5ClN2OS. The average Bonchev–Trinajstić information content (AvgIpc) is 2.31. The van der Waals surface area contributed by atoms with Gasteiger partial charge in [0.25, 0.3) is 4.47 Å². The molecule has 0 aliphatic heterocycles. The second-order valence-electron chi connectivity index (χ2n) is 2.42. The molecule has 3 nitrogen and oxygen atoms in total. The average molecular weight is 201 g/mol. The molecule has 0 aliphatic rings. The van der Waals surface area contributed by atoms with Crippen LogP contribution in [0.2, 0.25) is 4.47 Å². The van der Waals surface area contributed by atoms with Crippen LogP contribution in [0.5, 0.6) is 0 Å². The molecule has 0 unspecified atom stereocenters. The van der Waals surface area contributed by atoms with E-state index in [1.165, 1.54) is 11.3 Å². The second kappa shape index (κ2) is 2.57. The Hall–Kier alpha value is -0.870. The highest BCUT2D eigenvalue weighted by atomic mass is 35.5. The van der Waals surface area contributed by atoms with Crippen molar-refractivity contribution in [3.8, 4) is 0 Å². The molecule has 0 amide bonds. The Morgan fingerprint density at radius 2 is 2.33 bits per heavy atom. The summed E-state index contributed by atoms with van der Waals surface area (Å²) in [6.45, 7) is 1.84. The maximum Gasteiger partial charge on any atom is 0.345 e. The fourth-order valence-electron chi connectivity index (χ4n) is 0.971. The highest BCUT2D eigenvalue weighted by Crippen LogP contribution is 2.21. The van der Waals surface area contributed by atoms with E-state index >= 15 is 0 Å². The zero-order valence-corrected chi connectivity index (χ0v) is 7.82. The van der Waals surface area contributed by atoms with Crippen molar-refractivity contribution < 1.29 is 4.73 Å². The van der Waals surface area contributed by atoms with Crippen molar-refractivity contribution in [2.75, 3.05) is 0 Å². The molecule has 0 N–H and O–H groups in total. The quantitative estimate of drug-likeness (QED) is 0.481. The van der Waals surface area contributed by atoms with E-state index in [9.17, 15) is 5.21 Å². The molecule has 0 fully saturated rings. The Kier molecular flexibility index (Phi) is 1.66. The summed E-state index contributed by atoms with van der Waals surface area (Å²) in [7, 11) is 0. The molecule has 0 aliphatic carbocycles. The third-order valence-corrected chi connectivity index (χ3v) is 2.78. The summed E-state index contributed by atoms with van der Waals surface area (Å²) < 4.78 is 1.68. The number of thiazole rings is 1. The van der Waals surface area contributed by atoms with Crippen molar-refractivity contribution in [3.05, 3.63) is 27.5 Å². The summed E-state index contributed by atoms with van der Waals surface area (Å²) >= 11 is 6.87. The topological polar surface area (TPSA) is 39.8 Å². The molecule has 0 aromatic carbocycles. The summed E-state index contributed by atoms with van der Waals surface area (Å²) in [6, 6.07) is 3.71. The fraction of sp³-hybridized carbons (Fsp3) is 0.143. The van der Waals surface area contributed by atoms with Crippen molar-refractivity contribution >= 4 is 33.3 Å². The molecule has 12 heavy (non-hydrogen) atoms. The van der Waals surface area contributed by atoms with E-state index in [0.29, 0.717) is 10.4 Å². The Morgan fingerprint density at radius 1 is 1.58 bits per heavy atom. The van der Waals surface area contributed by atoms with Crippen LogP contribution in [-0.2, 0) is 0 Å². The molecule has 62 valence electrons. The summed E-state index contributed by atoms with van der Waals surface area (Å²) in [5, 5.41) is 11.2. The van der Waals surface area contributed by atoms with Crippen molar-refractivity contribution in [2.24, 2.45) is 0 Å². The predicted molar refractivity (Wildman–Crippen MR) is 48.3 cm³/mol. The van der Waals surface area contributed by atoms with Gasteiger partial charge in [-0.05, 0) is 28.7 Å². The number of nitrogens with zero attached hydrogens (tertiary/aromatic N) is 2. The fourth-order valence-corrected chi connectivity index (χ4v) is 2.01. The number of rotatable bonds is 0. The molecular weight excluding hydrogens is 196 g/mol. The van der Waals surface area contributed by atoms with Crippen molar-refractivity contribution in [3.63, 3.8) is 0 Å². The lowest BCUT2D eigenvalue weighted by atomic mass is 10.4. The summed E-state index contributed by atoms with van der Waals surface area (Å²) in [4.78, 5) is 4.07. The first kappa shape index (κ1) is 7.76. The monoisotopic (exact) mass is 200 g/mol. The van der Waals surface area contributed by atoms with E-state index in [2.05, 4.69) is 4.98 Å². The summed E-state index contributed by atoms with van der Waals surface area (Å²) in [5.74, 6) is 0. The maximum atomic E-state index is 11.2. The van der Waals surface area contributed by atoms with Gasteiger partial charge in [0.1, 0.15) is 10.4 Å². The molecule has 2 aromatic heterocycles. The Bertz CT molecular complexity index is 440. The van der Waals surface area contributed by atoms with Crippen LogP contribution in [0, 0.1) is 12.1 Å². The van der Waals surface area contributed by atoms with Gasteiger partial charge in [-0.25, -0.2) is 4.73 Å². The first-order valence-corrected chi connectivity index (χ1v) is 4.53. The van der Waals surface area contributed by atoms with Gasteiger partial charge in [-0.15, -0.1) is 0 Å². The summed E-state index contributed by atoms with van der Waals surface area (Å²) in [6.07, 6.45) is 0. The minimum absolute atomic E-state index is 0.211. The lowest BCUT2D eigenvalue weighted by Crippen LogP contribution is -2.25. The van der Waals surface area contributed by atoms with E-state index in [1.807, 2.05) is 19.1 Å². The standard InChI is InChI=1S/C7H5ClN2OS/c1-4-2-3-5-6(9-4)10(11)7(8)12-5/h2-3H,1H3. The van der Waals surface area contributed by atoms with Crippen LogP contribution >= 0.6 is 22.9 Å². The molecule has 0 spiro atoms. The Balaban J connectivity index is 2.88. The number of hydrogen-bond donors (Lipinski definition) is 0. The van der Waals surface area contributed by atoms with E-state index < -0.39 is 0 Å². The molecule has 5 heteroatoms. The zero-order valence-electron chi connectivity index (χ0n) is 6.24. The molecule has 2 aromatic rings. The number of hydrogen-bond acceptors (Lipinski definition) is 3. The number of aryl methyl sites for hydroxylation is 1. The number of pyridine rings is 1. The lowest BCUT2D eigenvalue weighted by molar-refractivity contribution is -0.571. The van der Waals surface area contributed by atoms with Gasteiger partial charge in [-0.3, -0.25) is 0 Å². The molecule has 0 saturated carbocycles. The van der Waals surface area contributed by atoms with Crippen LogP contribution in [0.25, 0.3) is 10.3 Å². The SMILES string of the molecule is Cc1ccc2sc(Cl)[n+]([O-])c2n1. The summed E-state index contributed by atoms with van der Waals surface area (Å²) in [5.41, 5.74) is 1.23. The van der Waals surface area contributed by atoms with Crippen LogP contribution in [0.3, 0.4) is 0 Å². The van der Waals surface area contributed by atoms with Gasteiger partial charge < -0.3 is 5.21 Å². The van der Waals surface area contributed by atoms with E-state index in [0.717, 1.165) is 10.4 Å². The van der Waals surface area contributed by atoms with Gasteiger partial charge in [0, 0.05) is 6.92 Å². The smallest absolute Gasteiger partial charge is 0.345 e.